The van der Waals surface area contributed by atoms with Crippen LogP contribution in [-0.2, 0) is 11.0 Å². The second-order valence-corrected chi connectivity index (χ2v) is 6.16. The Morgan fingerprint density at radius 1 is 1.15 bits per heavy atom. The average Bonchev–Trinajstić information content (AvgIpc) is 2.99. The molecule has 0 unspecified atom stereocenters. The minimum Gasteiger partial charge on any atom is -0.354 e. The third-order valence-electron chi connectivity index (χ3n) is 3.78. The maximum Gasteiger partial charge on any atom is 0.417 e. The van der Waals surface area contributed by atoms with Gasteiger partial charge >= 0.3 is 6.18 Å². The Kier molecular flexibility index (Phi) is 6.19. The molecule has 0 saturated heterocycles. The number of pyridine rings is 1. The summed E-state index contributed by atoms with van der Waals surface area (Å²) >= 11 is 0. The van der Waals surface area contributed by atoms with E-state index in [0.29, 0.717) is 11.9 Å². The van der Waals surface area contributed by atoms with Crippen LogP contribution in [0.1, 0.15) is 35.5 Å². The van der Waals surface area contributed by atoms with Crippen molar-refractivity contribution < 1.29 is 22.8 Å². The van der Waals surface area contributed by atoms with E-state index in [1.165, 1.54) is 16.9 Å². The van der Waals surface area contributed by atoms with E-state index >= 15 is 0 Å². The van der Waals surface area contributed by atoms with E-state index in [-0.39, 0.29) is 36.3 Å². The molecule has 146 valence electrons. The van der Waals surface area contributed by atoms with Crippen LogP contribution in [0.5, 0.6) is 0 Å². The highest BCUT2D eigenvalue weighted by molar-refractivity contribution is 5.95. The second kappa shape index (κ2) is 8.19. The molecule has 2 aromatic heterocycles. The number of rotatable bonds is 6. The molecule has 0 aliphatic carbocycles. The van der Waals surface area contributed by atoms with Crippen molar-refractivity contribution in [1.29, 1.82) is 0 Å². The predicted molar refractivity (Wildman–Crippen MR) is 91.3 cm³/mol. The van der Waals surface area contributed by atoms with Gasteiger partial charge in [0.1, 0.15) is 0 Å². The Balaban J connectivity index is 2.02. The number of amides is 2. The molecule has 27 heavy (non-hydrogen) atoms. The van der Waals surface area contributed by atoms with E-state index in [1.807, 2.05) is 0 Å². The quantitative estimate of drug-likeness (QED) is 0.748. The van der Waals surface area contributed by atoms with Gasteiger partial charge in [-0.3, -0.25) is 9.59 Å². The van der Waals surface area contributed by atoms with E-state index in [9.17, 15) is 22.8 Å². The molecular formula is C17H20F3N5O2. The zero-order chi connectivity index (χ0) is 20.2. The van der Waals surface area contributed by atoms with Gasteiger partial charge in [-0.2, -0.15) is 18.3 Å². The topological polar surface area (TPSA) is 88.9 Å². The molecule has 0 aliphatic heterocycles. The van der Waals surface area contributed by atoms with Gasteiger partial charge in [0.05, 0.1) is 23.0 Å². The molecule has 0 fully saturated rings. The van der Waals surface area contributed by atoms with Crippen LogP contribution in [0.3, 0.4) is 0 Å². The van der Waals surface area contributed by atoms with Crippen LogP contribution in [0.25, 0.3) is 5.82 Å². The molecule has 0 radical (unpaired) electrons. The van der Waals surface area contributed by atoms with Crippen LogP contribution in [0, 0.1) is 12.8 Å². The van der Waals surface area contributed by atoms with Crippen molar-refractivity contribution in [2.45, 2.75) is 26.9 Å². The van der Waals surface area contributed by atoms with Crippen molar-refractivity contribution in [3.63, 3.8) is 0 Å². The molecule has 2 rings (SSSR count). The van der Waals surface area contributed by atoms with Crippen molar-refractivity contribution in [3.05, 3.63) is 41.3 Å². The zero-order valence-corrected chi connectivity index (χ0v) is 15.1. The fraction of sp³-hybridized carbons (Fsp3) is 0.412. The predicted octanol–water partition coefficient (Wildman–Crippen LogP) is 2.10. The highest BCUT2D eigenvalue weighted by atomic mass is 19.4. The van der Waals surface area contributed by atoms with E-state index in [1.54, 1.807) is 20.8 Å². The van der Waals surface area contributed by atoms with Crippen molar-refractivity contribution >= 4 is 11.8 Å². The van der Waals surface area contributed by atoms with E-state index in [4.69, 9.17) is 0 Å². The molecule has 2 aromatic rings. The van der Waals surface area contributed by atoms with Gasteiger partial charge in [0.25, 0.3) is 5.91 Å². The standard InChI is InChI=1S/C17H20F3N5O2/c1-10(2)15(26)21-6-7-22-16(27)13-9-24-25(11(13)3)14-5-4-12(8-23-14)17(18,19)20/h4-5,8-10H,6-7H2,1-3H3,(H,21,26)(H,22,27). The van der Waals surface area contributed by atoms with Crippen molar-refractivity contribution in [1.82, 2.24) is 25.4 Å². The number of nitrogens with zero attached hydrogens (tertiary/aromatic N) is 3. The first-order chi connectivity index (χ1) is 12.6. The van der Waals surface area contributed by atoms with Gasteiger partial charge in [0.2, 0.25) is 5.91 Å². The lowest BCUT2D eigenvalue weighted by Crippen LogP contribution is -2.36. The molecule has 0 atom stereocenters. The van der Waals surface area contributed by atoms with Crippen LogP contribution >= 0.6 is 0 Å². The minimum atomic E-state index is -4.47. The fourth-order valence-electron chi connectivity index (χ4n) is 2.20. The van der Waals surface area contributed by atoms with Gasteiger partial charge in [-0.1, -0.05) is 13.8 Å². The highest BCUT2D eigenvalue weighted by Gasteiger charge is 2.30. The Bertz CT molecular complexity index is 813. The Morgan fingerprint density at radius 3 is 2.37 bits per heavy atom. The molecule has 0 aliphatic rings. The van der Waals surface area contributed by atoms with E-state index in [2.05, 4.69) is 20.7 Å². The van der Waals surface area contributed by atoms with Crippen LogP contribution in [0.2, 0.25) is 0 Å². The first-order valence-corrected chi connectivity index (χ1v) is 8.25. The number of aromatic nitrogens is 3. The van der Waals surface area contributed by atoms with Gasteiger partial charge in [0, 0.05) is 25.2 Å². The van der Waals surface area contributed by atoms with Crippen LogP contribution in [-0.4, -0.2) is 39.7 Å². The Hall–Kier alpha value is -2.91. The summed E-state index contributed by atoms with van der Waals surface area (Å²) in [5.41, 5.74) is -0.157. The average molecular weight is 383 g/mol. The second-order valence-electron chi connectivity index (χ2n) is 6.16. The summed E-state index contributed by atoms with van der Waals surface area (Å²) in [6.07, 6.45) is -2.44. The summed E-state index contributed by atoms with van der Waals surface area (Å²) in [6.45, 7) is 5.67. The number of nitrogens with one attached hydrogen (secondary N) is 2. The summed E-state index contributed by atoms with van der Waals surface area (Å²) in [4.78, 5) is 27.4. The molecular weight excluding hydrogens is 363 g/mol. The van der Waals surface area contributed by atoms with Gasteiger partial charge < -0.3 is 10.6 Å². The number of alkyl halides is 3. The Labute approximate surface area is 154 Å². The summed E-state index contributed by atoms with van der Waals surface area (Å²) < 4.78 is 39.1. The molecule has 0 bridgehead atoms. The summed E-state index contributed by atoms with van der Waals surface area (Å²) in [5.74, 6) is -0.479. The molecule has 2 N–H and O–H groups in total. The van der Waals surface area contributed by atoms with Gasteiger partial charge in [0.15, 0.2) is 5.82 Å². The summed E-state index contributed by atoms with van der Waals surface area (Å²) in [5, 5.41) is 9.35. The molecule has 0 saturated carbocycles. The molecule has 7 nitrogen and oxygen atoms in total. The zero-order valence-electron chi connectivity index (χ0n) is 15.1. The number of hydrogen-bond donors (Lipinski definition) is 2. The van der Waals surface area contributed by atoms with Crippen molar-refractivity contribution in [2.24, 2.45) is 5.92 Å². The highest BCUT2D eigenvalue weighted by Crippen LogP contribution is 2.28. The maximum atomic E-state index is 12.6. The molecule has 2 heterocycles. The summed E-state index contributed by atoms with van der Waals surface area (Å²) in [6, 6.07) is 2.09. The molecule has 0 aromatic carbocycles. The van der Waals surface area contributed by atoms with E-state index < -0.39 is 17.6 Å². The number of carbonyl (C=O) groups excluding carboxylic acids is 2. The van der Waals surface area contributed by atoms with Gasteiger partial charge in [-0.15, -0.1) is 0 Å². The number of hydrogen-bond acceptors (Lipinski definition) is 4. The lowest BCUT2D eigenvalue weighted by Gasteiger charge is -2.09. The lowest BCUT2D eigenvalue weighted by atomic mass is 10.2. The first-order valence-electron chi connectivity index (χ1n) is 8.25. The van der Waals surface area contributed by atoms with Gasteiger partial charge in [-0.25, -0.2) is 9.67 Å². The normalized spacial score (nSPS) is 11.5. The smallest absolute Gasteiger partial charge is 0.354 e. The van der Waals surface area contributed by atoms with Crippen molar-refractivity contribution in [2.75, 3.05) is 13.1 Å². The minimum absolute atomic E-state index is 0.110. The molecule has 2 amide bonds. The third-order valence-corrected chi connectivity index (χ3v) is 3.78. The Morgan fingerprint density at radius 2 is 1.81 bits per heavy atom. The van der Waals surface area contributed by atoms with Crippen LogP contribution in [0.15, 0.2) is 24.5 Å². The lowest BCUT2D eigenvalue weighted by molar-refractivity contribution is -0.137. The fourth-order valence-corrected chi connectivity index (χ4v) is 2.20. The third kappa shape index (κ3) is 5.05. The van der Waals surface area contributed by atoms with Crippen LogP contribution in [0.4, 0.5) is 13.2 Å². The monoisotopic (exact) mass is 383 g/mol. The maximum absolute atomic E-state index is 12.6. The first kappa shape index (κ1) is 20.4. The number of carbonyl (C=O) groups is 2. The van der Waals surface area contributed by atoms with Crippen LogP contribution < -0.4 is 10.6 Å². The van der Waals surface area contributed by atoms with E-state index in [0.717, 1.165) is 6.07 Å². The van der Waals surface area contributed by atoms with Crippen molar-refractivity contribution in [3.8, 4) is 5.82 Å². The molecule has 10 heteroatoms. The van der Waals surface area contributed by atoms with Gasteiger partial charge in [-0.05, 0) is 19.1 Å². The number of halogens is 3. The largest absolute Gasteiger partial charge is 0.417 e. The molecule has 0 spiro atoms. The summed E-state index contributed by atoms with van der Waals surface area (Å²) in [7, 11) is 0. The SMILES string of the molecule is Cc1c(C(=O)NCCNC(=O)C(C)C)cnn1-c1ccc(C(F)(F)F)cn1.